The van der Waals surface area contributed by atoms with Crippen LogP contribution in [0.4, 0.5) is 0 Å². The van der Waals surface area contributed by atoms with Crippen molar-refractivity contribution in [3.63, 3.8) is 0 Å². The Morgan fingerprint density at radius 2 is 2.29 bits per heavy atom. The number of carbonyl (C=O) groups excluding carboxylic acids is 1. The van der Waals surface area contributed by atoms with Crippen molar-refractivity contribution in [3.8, 4) is 0 Å². The van der Waals surface area contributed by atoms with Crippen molar-refractivity contribution < 1.29 is 9.32 Å². The van der Waals surface area contributed by atoms with Crippen LogP contribution in [0.15, 0.2) is 10.6 Å². The number of nitrogens with zero attached hydrogens (tertiary/aromatic N) is 2. The zero-order valence-electron chi connectivity index (χ0n) is 13.6. The van der Waals surface area contributed by atoms with Crippen molar-refractivity contribution in [1.82, 2.24) is 10.1 Å². The Hall–Kier alpha value is -1.36. The van der Waals surface area contributed by atoms with Gasteiger partial charge in [-0.15, -0.1) is 0 Å². The van der Waals surface area contributed by atoms with Crippen LogP contribution >= 0.6 is 0 Å². The van der Waals surface area contributed by atoms with E-state index < -0.39 is 0 Å². The van der Waals surface area contributed by atoms with Crippen LogP contribution < -0.4 is 5.73 Å². The zero-order chi connectivity index (χ0) is 15.6. The van der Waals surface area contributed by atoms with Gasteiger partial charge in [0, 0.05) is 19.2 Å². The van der Waals surface area contributed by atoms with Gasteiger partial charge >= 0.3 is 0 Å². The van der Waals surface area contributed by atoms with Crippen molar-refractivity contribution in [2.45, 2.75) is 53.0 Å². The fourth-order valence-corrected chi connectivity index (χ4v) is 3.11. The lowest BCUT2D eigenvalue weighted by molar-refractivity contribution is -0.137. The quantitative estimate of drug-likeness (QED) is 0.926. The smallest absolute Gasteiger partial charge is 0.227 e. The maximum absolute atomic E-state index is 12.8. The fourth-order valence-electron chi connectivity index (χ4n) is 3.11. The van der Waals surface area contributed by atoms with Gasteiger partial charge in [0.15, 0.2) is 5.76 Å². The molecule has 0 spiro atoms. The van der Waals surface area contributed by atoms with Gasteiger partial charge in [0.25, 0.3) is 0 Å². The van der Waals surface area contributed by atoms with Gasteiger partial charge in [0.1, 0.15) is 0 Å². The largest absolute Gasteiger partial charge is 0.359 e. The molecule has 5 heteroatoms. The summed E-state index contributed by atoms with van der Waals surface area (Å²) in [5.74, 6) is 0.837. The number of aromatic nitrogens is 1. The minimum Gasteiger partial charge on any atom is -0.359 e. The molecule has 2 N–H and O–H groups in total. The van der Waals surface area contributed by atoms with Crippen molar-refractivity contribution in [1.29, 1.82) is 0 Å². The molecule has 0 aliphatic carbocycles. The number of hydrogen-bond acceptors (Lipinski definition) is 4. The fraction of sp³-hybridized carbons (Fsp3) is 0.750. The highest BCUT2D eigenvalue weighted by Crippen LogP contribution is 2.35. The van der Waals surface area contributed by atoms with E-state index >= 15 is 0 Å². The topological polar surface area (TPSA) is 72.4 Å². The molecule has 1 aromatic rings. The maximum Gasteiger partial charge on any atom is 0.227 e. The summed E-state index contributed by atoms with van der Waals surface area (Å²) in [5.41, 5.74) is 6.80. The Morgan fingerprint density at radius 3 is 2.81 bits per heavy atom. The molecule has 21 heavy (non-hydrogen) atoms. The highest BCUT2D eigenvalue weighted by molar-refractivity contribution is 5.79. The summed E-state index contributed by atoms with van der Waals surface area (Å²) in [6.07, 6.45) is 2.75. The SMILES string of the molecule is Cc1cc(C2CCCN2C(=O)C(CN)CC(C)(C)C)on1. The van der Waals surface area contributed by atoms with Gasteiger partial charge in [-0.05, 0) is 31.6 Å². The summed E-state index contributed by atoms with van der Waals surface area (Å²) >= 11 is 0. The van der Waals surface area contributed by atoms with E-state index in [4.69, 9.17) is 10.3 Å². The number of aryl methyl sites for hydroxylation is 1. The molecular weight excluding hydrogens is 266 g/mol. The summed E-state index contributed by atoms with van der Waals surface area (Å²) in [5, 5.41) is 3.94. The molecule has 0 radical (unpaired) electrons. The van der Waals surface area contributed by atoms with Gasteiger partial charge in [-0.1, -0.05) is 25.9 Å². The molecule has 1 fully saturated rings. The minimum absolute atomic E-state index is 0.0210. The van der Waals surface area contributed by atoms with Gasteiger partial charge in [-0.2, -0.15) is 0 Å². The van der Waals surface area contributed by atoms with E-state index in [1.165, 1.54) is 0 Å². The lowest BCUT2D eigenvalue weighted by atomic mass is 9.84. The number of nitrogens with two attached hydrogens (primary N) is 1. The van der Waals surface area contributed by atoms with Crippen molar-refractivity contribution in [2.75, 3.05) is 13.1 Å². The van der Waals surface area contributed by atoms with Crippen LogP contribution in [0.3, 0.4) is 0 Å². The Labute approximate surface area is 126 Å². The molecule has 1 aromatic heterocycles. The van der Waals surface area contributed by atoms with Gasteiger partial charge in [-0.25, -0.2) is 0 Å². The summed E-state index contributed by atoms with van der Waals surface area (Å²) in [6.45, 7) is 9.51. The second-order valence-corrected chi connectivity index (χ2v) is 7.26. The van der Waals surface area contributed by atoms with E-state index in [-0.39, 0.29) is 23.3 Å². The third-order valence-corrected chi connectivity index (χ3v) is 4.00. The van der Waals surface area contributed by atoms with Crippen molar-refractivity contribution in [3.05, 3.63) is 17.5 Å². The van der Waals surface area contributed by atoms with E-state index in [2.05, 4.69) is 25.9 Å². The van der Waals surface area contributed by atoms with Crippen molar-refractivity contribution >= 4 is 5.91 Å². The van der Waals surface area contributed by atoms with Crippen LogP contribution in [-0.2, 0) is 4.79 Å². The van der Waals surface area contributed by atoms with E-state index in [0.717, 1.165) is 37.3 Å². The predicted octanol–water partition coefficient (Wildman–Crippen LogP) is 2.66. The summed E-state index contributed by atoms with van der Waals surface area (Å²) in [4.78, 5) is 14.8. The second kappa shape index (κ2) is 6.18. The average molecular weight is 293 g/mol. The number of likely N-dealkylation sites (tertiary alicyclic amines) is 1. The third kappa shape index (κ3) is 3.84. The minimum atomic E-state index is -0.116. The lowest BCUT2D eigenvalue weighted by Gasteiger charge is -2.30. The van der Waals surface area contributed by atoms with Crippen LogP contribution in [0.1, 0.15) is 57.5 Å². The van der Waals surface area contributed by atoms with Gasteiger partial charge in [0.2, 0.25) is 5.91 Å². The van der Waals surface area contributed by atoms with Crippen LogP contribution in [-0.4, -0.2) is 29.1 Å². The summed E-state index contributed by atoms with van der Waals surface area (Å²) in [6, 6.07) is 1.95. The molecule has 1 saturated heterocycles. The van der Waals surface area contributed by atoms with Crippen LogP contribution in [0.5, 0.6) is 0 Å². The maximum atomic E-state index is 12.8. The van der Waals surface area contributed by atoms with Gasteiger partial charge in [0.05, 0.1) is 17.7 Å². The number of rotatable bonds is 4. The molecule has 1 amide bonds. The van der Waals surface area contributed by atoms with E-state index in [1.807, 2.05) is 17.9 Å². The van der Waals surface area contributed by atoms with Crippen LogP contribution in [0.25, 0.3) is 0 Å². The first kappa shape index (κ1) is 16.0. The van der Waals surface area contributed by atoms with Crippen LogP contribution in [0, 0.1) is 18.3 Å². The molecule has 5 nitrogen and oxygen atoms in total. The molecule has 2 heterocycles. The first-order valence-corrected chi connectivity index (χ1v) is 7.75. The number of hydrogen-bond donors (Lipinski definition) is 1. The molecule has 1 aliphatic heterocycles. The van der Waals surface area contributed by atoms with Gasteiger partial charge < -0.3 is 15.2 Å². The standard InChI is InChI=1S/C16H27N3O2/c1-11-8-14(21-18-11)13-6-5-7-19(13)15(20)12(10-17)9-16(2,3)4/h8,12-13H,5-7,9-10,17H2,1-4H3. The molecule has 0 saturated carbocycles. The molecule has 118 valence electrons. The summed E-state index contributed by atoms with van der Waals surface area (Å²) in [7, 11) is 0. The number of carbonyl (C=O) groups is 1. The highest BCUT2D eigenvalue weighted by Gasteiger charge is 2.36. The Kier molecular flexibility index (Phi) is 4.71. The van der Waals surface area contributed by atoms with E-state index in [1.54, 1.807) is 0 Å². The van der Waals surface area contributed by atoms with E-state index in [0.29, 0.717) is 6.54 Å². The summed E-state index contributed by atoms with van der Waals surface area (Å²) < 4.78 is 5.37. The Balaban J connectivity index is 2.13. The van der Waals surface area contributed by atoms with Gasteiger partial charge in [-0.3, -0.25) is 4.79 Å². The molecule has 0 aromatic carbocycles. The van der Waals surface area contributed by atoms with Crippen molar-refractivity contribution in [2.24, 2.45) is 17.1 Å². The first-order valence-electron chi connectivity index (χ1n) is 7.75. The molecular formula is C16H27N3O2. The van der Waals surface area contributed by atoms with E-state index in [9.17, 15) is 4.79 Å². The Bertz CT molecular complexity index is 490. The molecule has 1 aliphatic rings. The van der Waals surface area contributed by atoms with Crippen LogP contribution in [0.2, 0.25) is 0 Å². The Morgan fingerprint density at radius 1 is 1.57 bits per heavy atom. The molecule has 2 rings (SSSR count). The second-order valence-electron chi connectivity index (χ2n) is 7.26. The zero-order valence-corrected chi connectivity index (χ0v) is 13.6. The normalized spacial score (nSPS) is 20.8. The highest BCUT2D eigenvalue weighted by atomic mass is 16.5. The molecule has 2 unspecified atom stereocenters. The lowest BCUT2D eigenvalue weighted by Crippen LogP contribution is -2.40. The first-order chi connectivity index (χ1) is 9.81. The predicted molar refractivity (Wildman–Crippen MR) is 81.5 cm³/mol. The monoisotopic (exact) mass is 293 g/mol. The average Bonchev–Trinajstić information content (AvgIpc) is 3.02. The molecule has 0 bridgehead atoms. The molecule has 2 atom stereocenters. The number of amides is 1. The third-order valence-electron chi connectivity index (χ3n) is 4.00.